The van der Waals surface area contributed by atoms with Crippen molar-refractivity contribution < 1.29 is 19.5 Å². The van der Waals surface area contributed by atoms with E-state index in [1.54, 1.807) is 6.92 Å². The molecule has 0 spiro atoms. The zero-order valence-electron chi connectivity index (χ0n) is 7.56. The molecule has 1 N–H and O–H groups in total. The number of hydrogen-bond donors (Lipinski definition) is 1. The lowest BCUT2D eigenvalue weighted by atomic mass is 9.91. The summed E-state index contributed by atoms with van der Waals surface area (Å²) in [4.78, 5) is 33.9. The minimum atomic E-state index is -1.20. The zero-order chi connectivity index (χ0) is 10.5. The van der Waals surface area contributed by atoms with Gasteiger partial charge in [0.05, 0.1) is 6.04 Å². The highest BCUT2D eigenvalue weighted by molar-refractivity contribution is 6.02. The molecule has 2 heterocycles. The summed E-state index contributed by atoms with van der Waals surface area (Å²) in [6.45, 7) is 1.77. The van der Waals surface area contributed by atoms with Crippen LogP contribution >= 0.6 is 0 Å². The highest BCUT2D eigenvalue weighted by Crippen LogP contribution is 2.41. The molecule has 2 aliphatic rings. The lowest BCUT2D eigenvalue weighted by Crippen LogP contribution is -2.51. The monoisotopic (exact) mass is 195 g/mol. The SMILES string of the molecule is CC1C(C=O)=C(C(=O)O)N2C(=O)CC12. The van der Waals surface area contributed by atoms with E-state index >= 15 is 0 Å². The first-order valence-corrected chi connectivity index (χ1v) is 4.32. The molecular formula is C9H9NO4. The van der Waals surface area contributed by atoms with Crippen molar-refractivity contribution in [3.05, 3.63) is 11.3 Å². The van der Waals surface area contributed by atoms with Crippen molar-refractivity contribution in [1.29, 1.82) is 0 Å². The van der Waals surface area contributed by atoms with Crippen LogP contribution in [0, 0.1) is 5.92 Å². The standard InChI is InChI=1S/C9H9NO4/c1-4-5(3-11)8(9(13)14)10-6(4)2-7(10)12/h3-4,6H,2H2,1H3,(H,13,14). The van der Waals surface area contributed by atoms with Crippen molar-refractivity contribution in [1.82, 2.24) is 4.90 Å². The third-order valence-electron chi connectivity index (χ3n) is 2.90. The second kappa shape index (κ2) is 2.67. The Balaban J connectivity index is 2.47. The topological polar surface area (TPSA) is 74.7 Å². The fourth-order valence-electron chi connectivity index (χ4n) is 2.08. The maximum Gasteiger partial charge on any atom is 0.353 e. The van der Waals surface area contributed by atoms with Crippen molar-refractivity contribution in [2.24, 2.45) is 5.92 Å². The Labute approximate surface area is 80.0 Å². The molecular weight excluding hydrogens is 186 g/mol. The van der Waals surface area contributed by atoms with Gasteiger partial charge in [-0.15, -0.1) is 0 Å². The van der Waals surface area contributed by atoms with Crippen LogP contribution in [0.1, 0.15) is 13.3 Å². The molecule has 5 nitrogen and oxygen atoms in total. The maximum absolute atomic E-state index is 11.1. The van der Waals surface area contributed by atoms with Gasteiger partial charge in [-0.25, -0.2) is 4.79 Å². The average Bonchev–Trinajstić information content (AvgIpc) is 2.34. The average molecular weight is 195 g/mol. The summed E-state index contributed by atoms with van der Waals surface area (Å²) in [5.41, 5.74) is 0.0992. The van der Waals surface area contributed by atoms with Gasteiger partial charge in [0.25, 0.3) is 0 Å². The van der Waals surface area contributed by atoms with E-state index in [2.05, 4.69) is 0 Å². The molecule has 0 bridgehead atoms. The second-order valence-corrected chi connectivity index (χ2v) is 3.55. The third kappa shape index (κ3) is 0.865. The summed E-state index contributed by atoms with van der Waals surface area (Å²) in [7, 11) is 0. The third-order valence-corrected chi connectivity index (χ3v) is 2.90. The molecule has 0 saturated carbocycles. The molecule has 2 atom stereocenters. The molecule has 1 amide bonds. The summed E-state index contributed by atoms with van der Waals surface area (Å²) in [5.74, 6) is -1.57. The molecule has 5 heteroatoms. The summed E-state index contributed by atoms with van der Waals surface area (Å²) in [6, 6.07) is -0.117. The van der Waals surface area contributed by atoms with Crippen LogP contribution in [0.25, 0.3) is 0 Å². The van der Waals surface area contributed by atoms with E-state index in [9.17, 15) is 14.4 Å². The van der Waals surface area contributed by atoms with Crippen molar-refractivity contribution in [2.45, 2.75) is 19.4 Å². The van der Waals surface area contributed by atoms with Gasteiger partial charge >= 0.3 is 5.97 Å². The number of aldehydes is 1. The van der Waals surface area contributed by atoms with E-state index < -0.39 is 5.97 Å². The van der Waals surface area contributed by atoms with Crippen LogP contribution in [0.2, 0.25) is 0 Å². The Kier molecular flexibility index (Phi) is 1.70. The minimum Gasteiger partial charge on any atom is -0.477 e. The molecule has 0 aromatic rings. The number of carboxylic acids is 1. The van der Waals surface area contributed by atoms with E-state index in [1.165, 1.54) is 4.90 Å². The van der Waals surface area contributed by atoms with E-state index in [0.717, 1.165) is 0 Å². The van der Waals surface area contributed by atoms with Crippen LogP contribution in [0.4, 0.5) is 0 Å². The van der Waals surface area contributed by atoms with E-state index in [1.807, 2.05) is 0 Å². The van der Waals surface area contributed by atoms with Crippen molar-refractivity contribution in [2.75, 3.05) is 0 Å². The molecule has 1 saturated heterocycles. The number of carboxylic acid groups (broad SMARTS) is 1. The molecule has 2 rings (SSSR count). The predicted octanol–water partition coefficient (Wildman–Crippen LogP) is -0.225. The van der Waals surface area contributed by atoms with Crippen LogP contribution in [-0.4, -0.2) is 34.2 Å². The van der Waals surface area contributed by atoms with Gasteiger partial charge in [-0.1, -0.05) is 6.92 Å². The minimum absolute atomic E-state index is 0.117. The number of β-lactam (4-membered cyclic amide) rings is 1. The quantitative estimate of drug-likeness (QED) is 0.488. The number of carbonyl (C=O) groups excluding carboxylic acids is 2. The second-order valence-electron chi connectivity index (χ2n) is 3.55. The van der Waals surface area contributed by atoms with Gasteiger partial charge in [-0.3, -0.25) is 9.59 Å². The largest absolute Gasteiger partial charge is 0.477 e. The number of rotatable bonds is 2. The van der Waals surface area contributed by atoms with Gasteiger partial charge < -0.3 is 10.0 Å². The lowest BCUT2D eigenvalue weighted by Gasteiger charge is -2.37. The highest BCUT2D eigenvalue weighted by Gasteiger charge is 2.51. The van der Waals surface area contributed by atoms with Crippen LogP contribution in [0.5, 0.6) is 0 Å². The summed E-state index contributed by atoms with van der Waals surface area (Å²) in [6.07, 6.45) is 0.884. The summed E-state index contributed by atoms with van der Waals surface area (Å²) in [5, 5.41) is 8.86. The lowest BCUT2D eigenvalue weighted by molar-refractivity contribution is -0.148. The van der Waals surface area contributed by atoms with Crippen LogP contribution in [0.15, 0.2) is 11.3 Å². The van der Waals surface area contributed by atoms with Gasteiger partial charge in [-0.2, -0.15) is 0 Å². The van der Waals surface area contributed by atoms with Crippen molar-refractivity contribution in [3.63, 3.8) is 0 Å². The molecule has 74 valence electrons. The molecule has 0 aromatic carbocycles. The number of hydrogen-bond acceptors (Lipinski definition) is 3. The smallest absolute Gasteiger partial charge is 0.353 e. The van der Waals surface area contributed by atoms with Crippen molar-refractivity contribution >= 4 is 18.2 Å². The fourth-order valence-corrected chi connectivity index (χ4v) is 2.08. The first kappa shape index (κ1) is 8.93. The highest BCUT2D eigenvalue weighted by atomic mass is 16.4. The Morgan fingerprint density at radius 3 is 2.71 bits per heavy atom. The van der Waals surface area contributed by atoms with Gasteiger partial charge in [-0.05, 0) is 0 Å². The van der Waals surface area contributed by atoms with Gasteiger partial charge in [0.2, 0.25) is 5.91 Å². The molecule has 14 heavy (non-hydrogen) atoms. The number of nitrogens with zero attached hydrogens (tertiary/aromatic N) is 1. The Morgan fingerprint density at radius 1 is 1.64 bits per heavy atom. The number of amides is 1. The number of carbonyl (C=O) groups is 3. The molecule has 0 aliphatic carbocycles. The van der Waals surface area contributed by atoms with Gasteiger partial charge in [0.15, 0.2) is 0 Å². The fraction of sp³-hybridized carbons (Fsp3) is 0.444. The van der Waals surface area contributed by atoms with Crippen molar-refractivity contribution in [3.8, 4) is 0 Å². The summed E-state index contributed by atoms with van der Waals surface area (Å²) >= 11 is 0. The van der Waals surface area contributed by atoms with E-state index in [4.69, 9.17) is 5.11 Å². The zero-order valence-corrected chi connectivity index (χ0v) is 7.56. The first-order valence-electron chi connectivity index (χ1n) is 4.32. The molecule has 2 unspecified atom stereocenters. The summed E-state index contributed by atoms with van der Waals surface area (Å²) < 4.78 is 0. The molecule has 0 aromatic heterocycles. The van der Waals surface area contributed by atoms with Gasteiger partial charge in [0.1, 0.15) is 12.0 Å². The van der Waals surface area contributed by atoms with Gasteiger partial charge in [0, 0.05) is 17.9 Å². The Morgan fingerprint density at radius 2 is 2.29 bits per heavy atom. The molecule has 1 fully saturated rings. The van der Waals surface area contributed by atoms with E-state index in [0.29, 0.717) is 12.7 Å². The molecule has 0 radical (unpaired) electrons. The Bertz CT molecular complexity index is 371. The number of aliphatic carboxylic acids is 1. The van der Waals surface area contributed by atoms with Crippen LogP contribution in [-0.2, 0) is 14.4 Å². The Hall–Kier alpha value is -1.65. The maximum atomic E-state index is 11.1. The van der Waals surface area contributed by atoms with Crippen LogP contribution < -0.4 is 0 Å². The van der Waals surface area contributed by atoms with Crippen LogP contribution in [0.3, 0.4) is 0 Å². The van der Waals surface area contributed by atoms with E-state index in [-0.39, 0.29) is 29.1 Å². The number of fused-ring (bicyclic) bond motifs is 1. The normalized spacial score (nSPS) is 30.1. The molecule has 2 aliphatic heterocycles. The first-order chi connectivity index (χ1) is 6.57. The predicted molar refractivity (Wildman–Crippen MR) is 45.1 cm³/mol.